The molecule has 24 heavy (non-hydrogen) atoms. The molecule has 2 aromatic rings. The molecule has 3 heterocycles. The number of piperidine rings is 1. The molecule has 1 aliphatic carbocycles. The summed E-state index contributed by atoms with van der Waals surface area (Å²) < 4.78 is 4.57. The van der Waals surface area contributed by atoms with Crippen LogP contribution in [0.5, 0.6) is 0 Å². The first-order valence-electron chi connectivity index (χ1n) is 9.03. The van der Waals surface area contributed by atoms with Gasteiger partial charge in [-0.3, -0.25) is 4.79 Å². The summed E-state index contributed by atoms with van der Waals surface area (Å²) >= 11 is 0. The predicted molar refractivity (Wildman–Crippen MR) is 93.3 cm³/mol. The van der Waals surface area contributed by atoms with Crippen LogP contribution in [0.4, 0.5) is 0 Å². The van der Waals surface area contributed by atoms with E-state index >= 15 is 0 Å². The fraction of sp³-hybridized carbons (Fsp3) is 0.579. The normalized spacial score (nSPS) is 21.3. The third-order valence-electron chi connectivity index (χ3n) is 5.57. The Morgan fingerprint density at radius 2 is 1.96 bits per heavy atom. The molecule has 1 aliphatic heterocycles. The Labute approximate surface area is 143 Å². The average molecular weight is 326 g/mol. The lowest BCUT2D eigenvalue weighted by Crippen LogP contribution is -2.41. The molecule has 5 heteroatoms. The number of aryl methyl sites for hydroxylation is 2. The van der Waals surface area contributed by atoms with Crippen molar-refractivity contribution in [2.24, 2.45) is 0 Å². The van der Waals surface area contributed by atoms with Crippen LogP contribution in [0.25, 0.3) is 0 Å². The van der Waals surface area contributed by atoms with E-state index in [0.29, 0.717) is 12.1 Å². The molecule has 0 radical (unpaired) electrons. The lowest BCUT2D eigenvalue weighted by molar-refractivity contribution is 0.0677. The third kappa shape index (κ3) is 2.56. The van der Waals surface area contributed by atoms with Crippen molar-refractivity contribution in [3.63, 3.8) is 0 Å². The van der Waals surface area contributed by atoms with Crippen molar-refractivity contribution < 1.29 is 4.79 Å². The highest BCUT2D eigenvalue weighted by atomic mass is 16.2. The zero-order valence-electron chi connectivity index (χ0n) is 14.8. The summed E-state index contributed by atoms with van der Waals surface area (Å²) in [7, 11) is 0. The Morgan fingerprint density at radius 1 is 1.17 bits per heavy atom. The summed E-state index contributed by atoms with van der Waals surface area (Å²) in [5.41, 5.74) is 3.25. The third-order valence-corrected chi connectivity index (χ3v) is 5.57. The summed E-state index contributed by atoms with van der Waals surface area (Å²) in [6.45, 7) is 7.89. The summed E-state index contributed by atoms with van der Waals surface area (Å²) in [5.74, 6) is 1.22. The van der Waals surface area contributed by atoms with E-state index in [1.807, 2.05) is 24.2 Å². The molecule has 5 nitrogen and oxygen atoms in total. The van der Waals surface area contributed by atoms with E-state index in [2.05, 4.69) is 34.0 Å². The number of amides is 1. The van der Waals surface area contributed by atoms with Crippen LogP contribution in [0.2, 0.25) is 0 Å². The van der Waals surface area contributed by atoms with Gasteiger partial charge >= 0.3 is 0 Å². The topological polar surface area (TPSA) is 43.1 Å². The highest BCUT2D eigenvalue weighted by Crippen LogP contribution is 2.38. The number of imidazole rings is 1. The zero-order valence-corrected chi connectivity index (χ0v) is 14.8. The Balaban J connectivity index is 1.56. The number of hydrogen-bond acceptors (Lipinski definition) is 2. The van der Waals surface area contributed by atoms with Gasteiger partial charge in [0.05, 0.1) is 11.6 Å². The van der Waals surface area contributed by atoms with E-state index in [4.69, 9.17) is 0 Å². The van der Waals surface area contributed by atoms with E-state index in [1.165, 1.54) is 18.5 Å². The van der Waals surface area contributed by atoms with Crippen LogP contribution >= 0.6 is 0 Å². The fourth-order valence-corrected chi connectivity index (χ4v) is 4.20. The van der Waals surface area contributed by atoms with Gasteiger partial charge in [0.1, 0.15) is 5.82 Å². The van der Waals surface area contributed by atoms with Gasteiger partial charge in [0, 0.05) is 42.9 Å². The molecular weight excluding hydrogens is 300 g/mol. The molecule has 1 atom stereocenters. The number of likely N-dealkylation sites (tertiary alicyclic amines) is 1. The van der Waals surface area contributed by atoms with Crippen molar-refractivity contribution in [2.75, 3.05) is 13.1 Å². The minimum absolute atomic E-state index is 0.192. The molecule has 0 N–H and O–H groups in total. The number of rotatable bonds is 3. The largest absolute Gasteiger partial charge is 0.345 e. The molecule has 0 spiro atoms. The van der Waals surface area contributed by atoms with Crippen molar-refractivity contribution in [3.8, 4) is 0 Å². The highest BCUT2D eigenvalue weighted by molar-refractivity contribution is 5.95. The minimum atomic E-state index is 0.192. The van der Waals surface area contributed by atoms with E-state index in [1.54, 1.807) is 0 Å². The molecular formula is C19H26N4O. The van der Waals surface area contributed by atoms with Gasteiger partial charge in [-0.2, -0.15) is 0 Å². The van der Waals surface area contributed by atoms with Crippen LogP contribution in [0, 0.1) is 20.8 Å². The second kappa shape index (κ2) is 5.80. The summed E-state index contributed by atoms with van der Waals surface area (Å²) in [6, 6.07) is 3.05. The van der Waals surface area contributed by atoms with E-state index in [0.717, 1.165) is 43.0 Å². The van der Waals surface area contributed by atoms with Crippen molar-refractivity contribution in [1.82, 2.24) is 19.0 Å². The summed E-state index contributed by atoms with van der Waals surface area (Å²) in [4.78, 5) is 19.5. The van der Waals surface area contributed by atoms with Gasteiger partial charge in [0.25, 0.3) is 5.91 Å². The maximum absolute atomic E-state index is 13.1. The van der Waals surface area contributed by atoms with Gasteiger partial charge in [0.2, 0.25) is 0 Å². The molecule has 2 fully saturated rings. The first-order valence-corrected chi connectivity index (χ1v) is 9.03. The molecule has 4 rings (SSSR count). The maximum atomic E-state index is 13.1. The van der Waals surface area contributed by atoms with E-state index < -0.39 is 0 Å². The molecule has 1 saturated carbocycles. The monoisotopic (exact) mass is 326 g/mol. The van der Waals surface area contributed by atoms with E-state index in [-0.39, 0.29) is 5.91 Å². The lowest BCUT2D eigenvalue weighted by Gasteiger charge is -2.34. The van der Waals surface area contributed by atoms with Crippen LogP contribution in [-0.2, 0) is 0 Å². The summed E-state index contributed by atoms with van der Waals surface area (Å²) in [6.07, 6.45) is 8.54. The predicted octanol–water partition coefficient (Wildman–Crippen LogP) is 3.42. The number of nitrogens with zero attached hydrogens (tertiary/aromatic N) is 4. The molecule has 0 bridgehead atoms. The second-order valence-corrected chi connectivity index (χ2v) is 7.31. The van der Waals surface area contributed by atoms with Crippen LogP contribution in [0.1, 0.15) is 65.3 Å². The number of carbonyl (C=O) groups excluding carboxylic acids is 1. The number of aromatic nitrogens is 3. The molecule has 1 saturated heterocycles. The van der Waals surface area contributed by atoms with Crippen LogP contribution in [-0.4, -0.2) is 38.0 Å². The Bertz CT molecular complexity index is 768. The number of hydrogen-bond donors (Lipinski definition) is 0. The van der Waals surface area contributed by atoms with Crippen molar-refractivity contribution in [3.05, 3.63) is 41.2 Å². The molecule has 0 unspecified atom stereocenters. The first kappa shape index (κ1) is 15.5. The summed E-state index contributed by atoms with van der Waals surface area (Å²) in [5, 5.41) is 0. The van der Waals surface area contributed by atoms with Crippen LogP contribution < -0.4 is 0 Å². The van der Waals surface area contributed by atoms with E-state index in [9.17, 15) is 4.79 Å². The Morgan fingerprint density at radius 3 is 2.62 bits per heavy atom. The smallest absolute Gasteiger partial charge is 0.255 e. The van der Waals surface area contributed by atoms with Gasteiger partial charge in [-0.05, 0) is 52.5 Å². The fourth-order valence-electron chi connectivity index (χ4n) is 4.20. The molecule has 0 aromatic carbocycles. The number of carbonyl (C=O) groups is 1. The SMILES string of the molecule is Cc1nccn1[C@H]1CCCN(C(=O)c2cc(C)n(C3CC3)c2C)C1. The molecule has 1 amide bonds. The first-order chi connectivity index (χ1) is 11.6. The van der Waals surface area contributed by atoms with Gasteiger partial charge in [-0.15, -0.1) is 0 Å². The van der Waals surface area contributed by atoms with Gasteiger partial charge < -0.3 is 14.0 Å². The minimum Gasteiger partial charge on any atom is -0.345 e. The molecule has 128 valence electrons. The van der Waals surface area contributed by atoms with Gasteiger partial charge in [0.15, 0.2) is 0 Å². The van der Waals surface area contributed by atoms with Crippen LogP contribution in [0.15, 0.2) is 18.5 Å². The van der Waals surface area contributed by atoms with Gasteiger partial charge in [-0.25, -0.2) is 4.98 Å². The van der Waals surface area contributed by atoms with Crippen LogP contribution in [0.3, 0.4) is 0 Å². The average Bonchev–Trinajstić information content (AvgIpc) is 3.24. The zero-order chi connectivity index (χ0) is 16.8. The quantitative estimate of drug-likeness (QED) is 0.867. The lowest BCUT2D eigenvalue weighted by atomic mass is 10.0. The molecule has 2 aliphatic rings. The highest BCUT2D eigenvalue weighted by Gasteiger charge is 2.31. The van der Waals surface area contributed by atoms with Crippen molar-refractivity contribution in [2.45, 2.75) is 58.5 Å². The Hall–Kier alpha value is -2.04. The van der Waals surface area contributed by atoms with Crippen molar-refractivity contribution >= 4 is 5.91 Å². The second-order valence-electron chi connectivity index (χ2n) is 7.31. The van der Waals surface area contributed by atoms with Gasteiger partial charge in [-0.1, -0.05) is 0 Å². The standard InChI is InChI=1S/C19H26N4O/c1-13-11-18(14(2)23(13)16-6-7-16)19(24)21-9-4-5-17(12-21)22-10-8-20-15(22)3/h8,10-11,16-17H,4-7,9,12H2,1-3H3/t17-/m0/s1. The Kier molecular flexibility index (Phi) is 3.74. The maximum Gasteiger partial charge on any atom is 0.255 e. The molecule has 2 aromatic heterocycles. The van der Waals surface area contributed by atoms with Crippen molar-refractivity contribution in [1.29, 1.82) is 0 Å².